The van der Waals surface area contributed by atoms with Crippen LogP contribution in [0.15, 0.2) is 12.1 Å². The minimum Gasteiger partial charge on any atom is -0.330 e. The lowest BCUT2D eigenvalue weighted by Crippen LogP contribution is -2.11. The number of rotatable bonds is 5. The summed E-state index contributed by atoms with van der Waals surface area (Å²) in [6.07, 6.45) is 1.06. The van der Waals surface area contributed by atoms with Crippen LogP contribution < -0.4 is 5.73 Å². The van der Waals surface area contributed by atoms with Gasteiger partial charge in [-0.25, -0.2) is 0 Å². The molecule has 1 rings (SSSR count). The van der Waals surface area contributed by atoms with Crippen LogP contribution in [-0.2, 0) is 23.0 Å². The predicted octanol–water partition coefficient (Wildman–Crippen LogP) is 1.52. The minimum absolute atomic E-state index is 0.513. The lowest BCUT2D eigenvalue weighted by atomic mass is 10.4. The zero-order valence-corrected chi connectivity index (χ0v) is 9.42. The lowest BCUT2D eigenvalue weighted by molar-refractivity contribution is 0.682. The van der Waals surface area contributed by atoms with Gasteiger partial charge < -0.3 is 5.73 Å². The molecule has 0 amide bonds. The molecule has 0 aliphatic heterocycles. The molecule has 0 saturated heterocycles. The van der Waals surface area contributed by atoms with Gasteiger partial charge in [-0.05, 0) is 18.6 Å². The third-order valence-electron chi connectivity index (χ3n) is 1.71. The Bertz CT molecular complexity index is 283. The van der Waals surface area contributed by atoms with E-state index in [1.807, 2.05) is 0 Å². The fraction of sp³-hybridized carbons (Fsp3) is 0.556. The van der Waals surface area contributed by atoms with Gasteiger partial charge in [0.25, 0.3) is 0 Å². The maximum absolute atomic E-state index is 11.3. The molecule has 1 unspecified atom stereocenters. The number of thiophene rings is 1. The highest BCUT2D eigenvalue weighted by Crippen LogP contribution is 2.18. The van der Waals surface area contributed by atoms with E-state index in [1.165, 1.54) is 9.75 Å². The van der Waals surface area contributed by atoms with Crippen LogP contribution in [0.5, 0.6) is 0 Å². The summed E-state index contributed by atoms with van der Waals surface area (Å²) in [5.41, 5.74) is 5.32. The Morgan fingerprint density at radius 3 is 2.69 bits per heavy atom. The van der Waals surface area contributed by atoms with Crippen molar-refractivity contribution in [1.82, 2.24) is 0 Å². The van der Waals surface area contributed by atoms with Crippen LogP contribution in [0.25, 0.3) is 0 Å². The third kappa shape index (κ3) is 3.58. The van der Waals surface area contributed by atoms with Gasteiger partial charge in [-0.3, -0.25) is 4.21 Å². The van der Waals surface area contributed by atoms with Crippen LogP contribution in [0.2, 0.25) is 0 Å². The van der Waals surface area contributed by atoms with Crippen molar-refractivity contribution < 1.29 is 4.21 Å². The van der Waals surface area contributed by atoms with Crippen LogP contribution in [0.1, 0.15) is 16.7 Å². The van der Waals surface area contributed by atoms with Gasteiger partial charge in [0.1, 0.15) is 0 Å². The standard InChI is InChI=1S/C9H15NOS2/c1-2-8-3-4-9(12-8)7-13(11)6-5-10/h3-4H,2,5-7,10H2,1H3. The van der Waals surface area contributed by atoms with E-state index in [9.17, 15) is 4.21 Å². The molecular weight excluding hydrogens is 202 g/mol. The van der Waals surface area contributed by atoms with Gasteiger partial charge in [0, 0.05) is 32.9 Å². The normalized spacial score (nSPS) is 13.1. The maximum Gasteiger partial charge on any atom is 0.0580 e. The number of aryl methyl sites for hydroxylation is 1. The van der Waals surface area contributed by atoms with Crippen LogP contribution in [0.4, 0.5) is 0 Å². The first kappa shape index (κ1) is 10.9. The first-order valence-electron chi connectivity index (χ1n) is 4.39. The molecule has 4 heteroatoms. The fourth-order valence-corrected chi connectivity index (χ4v) is 3.26. The maximum atomic E-state index is 11.3. The van der Waals surface area contributed by atoms with Gasteiger partial charge in [-0.1, -0.05) is 6.92 Å². The van der Waals surface area contributed by atoms with E-state index in [0.717, 1.165) is 6.42 Å². The van der Waals surface area contributed by atoms with E-state index in [1.54, 1.807) is 11.3 Å². The van der Waals surface area contributed by atoms with Crippen molar-refractivity contribution in [3.8, 4) is 0 Å². The first-order chi connectivity index (χ1) is 6.26. The van der Waals surface area contributed by atoms with Crippen LogP contribution in [0, 0.1) is 0 Å². The second-order valence-corrected chi connectivity index (χ2v) is 5.63. The Morgan fingerprint density at radius 1 is 1.46 bits per heavy atom. The molecule has 0 saturated carbocycles. The van der Waals surface area contributed by atoms with Crippen molar-refractivity contribution >= 4 is 22.1 Å². The summed E-state index contributed by atoms with van der Waals surface area (Å²) >= 11 is 1.75. The molecule has 1 aromatic rings. The number of hydrogen-bond donors (Lipinski definition) is 1. The van der Waals surface area contributed by atoms with Crippen molar-refractivity contribution in [2.75, 3.05) is 12.3 Å². The molecular formula is C9H15NOS2. The molecule has 13 heavy (non-hydrogen) atoms. The average molecular weight is 217 g/mol. The monoisotopic (exact) mass is 217 g/mol. The molecule has 0 fully saturated rings. The SMILES string of the molecule is CCc1ccc(CS(=O)CCN)s1. The summed E-state index contributed by atoms with van der Waals surface area (Å²) in [5, 5.41) is 0. The van der Waals surface area contributed by atoms with Crippen molar-refractivity contribution in [3.05, 3.63) is 21.9 Å². The second kappa shape index (κ2) is 5.52. The Kier molecular flexibility index (Phi) is 4.62. The van der Waals surface area contributed by atoms with E-state index < -0.39 is 10.8 Å². The Morgan fingerprint density at radius 2 is 2.15 bits per heavy atom. The van der Waals surface area contributed by atoms with Gasteiger partial charge in [0.15, 0.2) is 0 Å². The molecule has 0 spiro atoms. The molecule has 0 aromatic carbocycles. The highest BCUT2D eigenvalue weighted by molar-refractivity contribution is 7.84. The molecule has 1 aromatic heterocycles. The molecule has 0 radical (unpaired) electrons. The van der Waals surface area contributed by atoms with Gasteiger partial charge in [0.05, 0.1) is 5.75 Å². The van der Waals surface area contributed by atoms with Gasteiger partial charge in [-0.2, -0.15) is 0 Å². The topological polar surface area (TPSA) is 43.1 Å². The van der Waals surface area contributed by atoms with E-state index >= 15 is 0 Å². The zero-order chi connectivity index (χ0) is 9.68. The number of hydrogen-bond acceptors (Lipinski definition) is 3. The zero-order valence-electron chi connectivity index (χ0n) is 7.79. The smallest absolute Gasteiger partial charge is 0.0580 e. The van der Waals surface area contributed by atoms with Crippen molar-refractivity contribution in [3.63, 3.8) is 0 Å². The first-order valence-corrected chi connectivity index (χ1v) is 6.69. The highest BCUT2D eigenvalue weighted by atomic mass is 32.2. The molecule has 74 valence electrons. The number of nitrogens with two attached hydrogens (primary N) is 1. The predicted molar refractivity (Wildman–Crippen MR) is 59.5 cm³/mol. The molecule has 2 N–H and O–H groups in total. The van der Waals surface area contributed by atoms with Crippen LogP contribution in [-0.4, -0.2) is 16.5 Å². The molecule has 0 bridgehead atoms. The van der Waals surface area contributed by atoms with Gasteiger partial charge in [-0.15, -0.1) is 11.3 Å². The van der Waals surface area contributed by atoms with Crippen molar-refractivity contribution in [2.24, 2.45) is 5.73 Å². The minimum atomic E-state index is -0.774. The molecule has 1 heterocycles. The Hall–Kier alpha value is -0.190. The van der Waals surface area contributed by atoms with Crippen molar-refractivity contribution in [1.29, 1.82) is 0 Å². The van der Waals surface area contributed by atoms with Crippen LogP contribution >= 0.6 is 11.3 Å². The molecule has 0 aliphatic rings. The summed E-state index contributed by atoms with van der Waals surface area (Å²) < 4.78 is 11.3. The molecule has 1 atom stereocenters. The third-order valence-corrected chi connectivity index (χ3v) is 4.45. The summed E-state index contributed by atoms with van der Waals surface area (Å²) in [4.78, 5) is 2.57. The fourth-order valence-electron chi connectivity index (χ4n) is 1.05. The lowest BCUT2D eigenvalue weighted by Gasteiger charge is -1.96. The largest absolute Gasteiger partial charge is 0.330 e. The summed E-state index contributed by atoms with van der Waals surface area (Å²) in [6.45, 7) is 2.64. The Balaban J connectivity index is 2.49. The van der Waals surface area contributed by atoms with E-state index in [-0.39, 0.29) is 0 Å². The second-order valence-electron chi connectivity index (χ2n) is 2.80. The van der Waals surface area contributed by atoms with Crippen LogP contribution in [0.3, 0.4) is 0 Å². The molecule has 2 nitrogen and oxygen atoms in total. The summed E-state index contributed by atoms with van der Waals surface area (Å²) in [6, 6.07) is 4.18. The van der Waals surface area contributed by atoms with E-state index in [2.05, 4.69) is 19.1 Å². The van der Waals surface area contributed by atoms with E-state index in [0.29, 0.717) is 18.1 Å². The van der Waals surface area contributed by atoms with Crippen molar-refractivity contribution in [2.45, 2.75) is 19.1 Å². The van der Waals surface area contributed by atoms with Gasteiger partial charge >= 0.3 is 0 Å². The average Bonchev–Trinajstić information content (AvgIpc) is 2.52. The summed E-state index contributed by atoms with van der Waals surface area (Å²) in [7, 11) is -0.774. The van der Waals surface area contributed by atoms with E-state index in [4.69, 9.17) is 5.73 Å². The Labute approximate surface area is 85.6 Å². The summed E-state index contributed by atoms with van der Waals surface area (Å²) in [5.74, 6) is 1.28. The van der Waals surface area contributed by atoms with Gasteiger partial charge in [0.2, 0.25) is 0 Å². The highest BCUT2D eigenvalue weighted by Gasteiger charge is 2.03. The molecule has 0 aliphatic carbocycles. The quantitative estimate of drug-likeness (QED) is 0.812.